The lowest BCUT2D eigenvalue weighted by molar-refractivity contribution is -0.383. The third kappa shape index (κ3) is 3.95. The average Bonchev–Trinajstić information content (AvgIpc) is 3.15. The molecule has 0 unspecified atom stereocenters. The van der Waals surface area contributed by atoms with E-state index in [2.05, 4.69) is 30.9 Å². The zero-order valence-corrected chi connectivity index (χ0v) is 14.2. The topological polar surface area (TPSA) is 173 Å². The van der Waals surface area contributed by atoms with E-state index in [0.29, 0.717) is 16.9 Å². The van der Waals surface area contributed by atoms with Crippen molar-refractivity contribution in [3.05, 3.63) is 52.1 Å². The van der Waals surface area contributed by atoms with E-state index < -0.39 is 16.9 Å². The van der Waals surface area contributed by atoms with E-state index in [4.69, 9.17) is 5.11 Å². The molecule has 0 aliphatic carbocycles. The Morgan fingerprint density at radius 3 is 2.50 bits per heavy atom. The molecular weight excluding hydrogens is 372 g/mol. The molecule has 0 saturated carbocycles. The van der Waals surface area contributed by atoms with E-state index in [-0.39, 0.29) is 29.8 Å². The number of hydrogen-bond acceptors (Lipinski definition) is 8. The number of nitro benzene ring substituents is 1. The van der Waals surface area contributed by atoms with Crippen LogP contribution in [0.1, 0.15) is 10.4 Å². The lowest BCUT2D eigenvalue weighted by Crippen LogP contribution is -2.34. The number of nitrogens with zero attached hydrogens (tertiary/aromatic N) is 3. The summed E-state index contributed by atoms with van der Waals surface area (Å²) in [5.41, 5.74) is 0.963. The van der Waals surface area contributed by atoms with Crippen molar-refractivity contribution >= 4 is 40.1 Å². The van der Waals surface area contributed by atoms with Crippen molar-refractivity contribution in [1.29, 1.82) is 0 Å². The molecule has 12 nitrogen and oxygen atoms in total. The lowest BCUT2D eigenvalue weighted by Gasteiger charge is -2.12. The molecular formula is C16H14N6O6. The Labute approximate surface area is 156 Å². The van der Waals surface area contributed by atoms with Crippen LogP contribution in [0.5, 0.6) is 0 Å². The molecule has 0 spiro atoms. The predicted octanol–water partition coefficient (Wildman–Crippen LogP) is 1.87. The standard InChI is InChI=1S/C16H14N6O6/c23-15(17-7-8-18-16(24)25)9-3-1-2-4-10(9)19-11-5-6-12(22(26)27)14-13(11)20-28-21-14/h1-6,18-19H,7-8H2,(H,17,23)(H,24,25). The Morgan fingerprint density at radius 2 is 1.75 bits per heavy atom. The molecule has 1 aromatic heterocycles. The van der Waals surface area contributed by atoms with Gasteiger partial charge in [-0.2, -0.15) is 0 Å². The van der Waals surface area contributed by atoms with E-state index in [0.717, 1.165) is 0 Å². The fourth-order valence-electron chi connectivity index (χ4n) is 2.48. The van der Waals surface area contributed by atoms with Gasteiger partial charge in [-0.1, -0.05) is 12.1 Å². The number of nitrogens with one attached hydrogen (secondary N) is 3. The van der Waals surface area contributed by atoms with E-state index >= 15 is 0 Å². The monoisotopic (exact) mass is 386 g/mol. The number of aromatic nitrogens is 2. The molecule has 0 saturated heterocycles. The van der Waals surface area contributed by atoms with Crippen LogP contribution in [-0.4, -0.2) is 45.4 Å². The second kappa shape index (κ2) is 7.99. The zero-order valence-electron chi connectivity index (χ0n) is 14.2. The van der Waals surface area contributed by atoms with Gasteiger partial charge in [0.05, 0.1) is 21.9 Å². The summed E-state index contributed by atoms with van der Waals surface area (Å²) in [5, 5.41) is 34.6. The molecule has 28 heavy (non-hydrogen) atoms. The average molecular weight is 386 g/mol. The van der Waals surface area contributed by atoms with Crippen molar-refractivity contribution < 1.29 is 24.2 Å². The number of carbonyl (C=O) groups is 2. The largest absolute Gasteiger partial charge is 0.465 e. The Hall–Kier alpha value is -4.22. The summed E-state index contributed by atoms with van der Waals surface area (Å²) in [6.45, 7) is 0.165. The molecule has 1 heterocycles. The first-order valence-corrected chi connectivity index (χ1v) is 7.98. The van der Waals surface area contributed by atoms with E-state index in [9.17, 15) is 19.7 Å². The van der Waals surface area contributed by atoms with Gasteiger partial charge in [0.25, 0.3) is 5.91 Å². The molecule has 3 aromatic rings. The number of non-ortho nitro benzene ring substituents is 1. The number of nitro groups is 1. The van der Waals surface area contributed by atoms with Crippen LogP contribution in [-0.2, 0) is 0 Å². The van der Waals surface area contributed by atoms with Gasteiger partial charge < -0.3 is 21.1 Å². The molecule has 144 valence electrons. The first kappa shape index (κ1) is 18.6. The van der Waals surface area contributed by atoms with Gasteiger partial charge in [-0.05, 0) is 28.5 Å². The quantitative estimate of drug-likeness (QED) is 0.268. The molecule has 0 atom stereocenters. The van der Waals surface area contributed by atoms with Gasteiger partial charge in [-0.3, -0.25) is 14.9 Å². The second-order valence-electron chi connectivity index (χ2n) is 5.51. The molecule has 2 amide bonds. The lowest BCUT2D eigenvalue weighted by atomic mass is 10.1. The number of benzene rings is 2. The van der Waals surface area contributed by atoms with Crippen LogP contribution in [0.3, 0.4) is 0 Å². The highest BCUT2D eigenvalue weighted by Gasteiger charge is 2.20. The summed E-state index contributed by atoms with van der Waals surface area (Å²) in [6, 6.07) is 9.29. The predicted molar refractivity (Wildman–Crippen MR) is 96.5 cm³/mol. The Balaban J connectivity index is 1.82. The van der Waals surface area contributed by atoms with Crippen LogP contribution in [0.2, 0.25) is 0 Å². The number of para-hydroxylation sites is 1. The smallest absolute Gasteiger partial charge is 0.404 e. The van der Waals surface area contributed by atoms with Gasteiger partial charge >= 0.3 is 11.8 Å². The van der Waals surface area contributed by atoms with Crippen LogP contribution < -0.4 is 16.0 Å². The number of carbonyl (C=O) groups excluding carboxylic acids is 1. The number of fused-ring (bicyclic) bond motifs is 1. The maximum absolute atomic E-state index is 12.4. The third-order valence-corrected chi connectivity index (χ3v) is 3.72. The van der Waals surface area contributed by atoms with Crippen LogP contribution in [0.4, 0.5) is 21.9 Å². The maximum atomic E-state index is 12.4. The highest BCUT2D eigenvalue weighted by Crippen LogP contribution is 2.31. The molecule has 0 bridgehead atoms. The van der Waals surface area contributed by atoms with Crippen molar-refractivity contribution in [2.24, 2.45) is 0 Å². The molecule has 0 fully saturated rings. The van der Waals surface area contributed by atoms with E-state index in [1.165, 1.54) is 12.1 Å². The first-order chi connectivity index (χ1) is 13.5. The number of rotatable bonds is 7. The van der Waals surface area contributed by atoms with E-state index in [1.54, 1.807) is 24.3 Å². The molecule has 0 aliphatic rings. The Bertz CT molecular complexity index is 1050. The number of hydrogen-bond donors (Lipinski definition) is 4. The maximum Gasteiger partial charge on any atom is 0.404 e. The summed E-state index contributed by atoms with van der Waals surface area (Å²) < 4.78 is 4.62. The molecule has 3 rings (SSSR count). The molecule has 12 heteroatoms. The zero-order chi connectivity index (χ0) is 20.1. The number of carboxylic acid groups (broad SMARTS) is 1. The SMILES string of the molecule is O=C(O)NCCNC(=O)c1ccccc1Nc1ccc([N+](=O)[O-])c2nonc12. The Kier molecular flexibility index (Phi) is 5.30. The molecule has 0 radical (unpaired) electrons. The van der Waals surface area contributed by atoms with Crippen molar-refractivity contribution in [2.45, 2.75) is 0 Å². The number of anilines is 2. The highest BCUT2D eigenvalue weighted by atomic mass is 16.6. The van der Waals surface area contributed by atoms with Crippen molar-refractivity contribution in [3.63, 3.8) is 0 Å². The van der Waals surface area contributed by atoms with E-state index in [1.807, 2.05) is 0 Å². The van der Waals surface area contributed by atoms with Gasteiger partial charge in [-0.15, -0.1) is 0 Å². The molecule has 2 aromatic carbocycles. The van der Waals surface area contributed by atoms with Crippen molar-refractivity contribution in [2.75, 3.05) is 18.4 Å². The van der Waals surface area contributed by atoms with Gasteiger partial charge in [0.1, 0.15) is 0 Å². The molecule has 4 N–H and O–H groups in total. The van der Waals surface area contributed by atoms with Crippen LogP contribution in [0, 0.1) is 10.1 Å². The summed E-state index contributed by atoms with van der Waals surface area (Å²) in [7, 11) is 0. The molecule has 0 aliphatic heterocycles. The summed E-state index contributed by atoms with van der Waals surface area (Å²) in [6.07, 6.45) is -1.18. The van der Waals surface area contributed by atoms with Crippen LogP contribution >= 0.6 is 0 Å². The van der Waals surface area contributed by atoms with Crippen LogP contribution in [0.15, 0.2) is 41.0 Å². The van der Waals surface area contributed by atoms with Gasteiger partial charge in [0.2, 0.25) is 5.52 Å². The first-order valence-electron chi connectivity index (χ1n) is 7.98. The van der Waals surface area contributed by atoms with Crippen LogP contribution in [0.25, 0.3) is 11.0 Å². The summed E-state index contributed by atoms with van der Waals surface area (Å²) in [5.74, 6) is -0.424. The minimum Gasteiger partial charge on any atom is -0.465 e. The fourth-order valence-corrected chi connectivity index (χ4v) is 2.48. The summed E-state index contributed by atoms with van der Waals surface area (Å²) in [4.78, 5) is 33.3. The van der Waals surface area contributed by atoms with Gasteiger partial charge in [-0.25, -0.2) is 9.42 Å². The highest BCUT2D eigenvalue weighted by molar-refractivity contribution is 6.02. The van der Waals surface area contributed by atoms with Gasteiger partial charge in [0, 0.05) is 19.2 Å². The van der Waals surface area contributed by atoms with Gasteiger partial charge in [0.15, 0.2) is 5.52 Å². The third-order valence-electron chi connectivity index (χ3n) is 3.72. The minimum absolute atomic E-state index is 0.0170. The minimum atomic E-state index is -1.18. The summed E-state index contributed by atoms with van der Waals surface area (Å²) >= 11 is 0. The second-order valence-corrected chi connectivity index (χ2v) is 5.51. The van der Waals surface area contributed by atoms with Crippen molar-refractivity contribution in [1.82, 2.24) is 20.9 Å². The van der Waals surface area contributed by atoms with Crippen molar-refractivity contribution in [3.8, 4) is 0 Å². The number of amides is 2. The normalized spacial score (nSPS) is 10.4. The Morgan fingerprint density at radius 1 is 1.04 bits per heavy atom. The fraction of sp³-hybridized carbons (Fsp3) is 0.125.